The number of thioether (sulfide) groups is 1. The minimum Gasteiger partial charge on any atom is -0.472 e. The molecular formula is C21H25FN2O3S. The molecule has 0 unspecified atom stereocenters. The molecule has 2 atom stereocenters. The predicted molar refractivity (Wildman–Crippen MR) is 107 cm³/mol. The average Bonchev–Trinajstić information content (AvgIpc) is 3.37. The van der Waals surface area contributed by atoms with Gasteiger partial charge in [-0.25, -0.2) is 4.39 Å². The molecule has 0 bridgehead atoms. The van der Waals surface area contributed by atoms with Gasteiger partial charge in [-0.1, -0.05) is 26.2 Å². The number of benzene rings is 1. The van der Waals surface area contributed by atoms with Crippen LogP contribution in [0, 0.1) is 5.82 Å². The number of carbonyl (C=O) groups excluding carboxylic acids is 2. The van der Waals surface area contributed by atoms with Crippen molar-refractivity contribution in [3.8, 4) is 0 Å². The number of hydrogen-bond acceptors (Lipinski definition) is 4. The molecule has 2 heterocycles. The quantitative estimate of drug-likeness (QED) is 0.664. The minimum absolute atomic E-state index is 0.148. The summed E-state index contributed by atoms with van der Waals surface area (Å²) in [7, 11) is 0. The fourth-order valence-electron chi connectivity index (χ4n) is 3.25. The molecule has 1 aromatic carbocycles. The molecule has 0 radical (unpaired) electrons. The first-order chi connectivity index (χ1) is 13.6. The molecule has 1 aliphatic rings. The number of nitrogens with one attached hydrogen (secondary N) is 1. The molecule has 2 amide bonds. The van der Waals surface area contributed by atoms with Gasteiger partial charge in [0, 0.05) is 23.4 Å². The van der Waals surface area contributed by atoms with E-state index in [2.05, 4.69) is 12.2 Å². The van der Waals surface area contributed by atoms with E-state index in [4.69, 9.17) is 4.42 Å². The molecule has 1 aromatic heterocycles. The van der Waals surface area contributed by atoms with Crippen LogP contribution in [-0.2, 0) is 4.79 Å². The van der Waals surface area contributed by atoms with Crippen molar-refractivity contribution in [2.24, 2.45) is 0 Å². The smallest absolute Gasteiger partial charge is 0.255 e. The summed E-state index contributed by atoms with van der Waals surface area (Å²) in [6.07, 6.45) is 7.43. The van der Waals surface area contributed by atoms with E-state index < -0.39 is 11.9 Å². The molecule has 1 N–H and O–H groups in total. The first kappa shape index (κ1) is 20.5. The fraction of sp³-hybridized carbons (Fsp3) is 0.429. The molecule has 7 heteroatoms. The van der Waals surface area contributed by atoms with Crippen LogP contribution >= 0.6 is 11.8 Å². The second-order valence-electron chi connectivity index (χ2n) is 6.83. The largest absolute Gasteiger partial charge is 0.472 e. The van der Waals surface area contributed by atoms with Crippen LogP contribution in [0.25, 0.3) is 0 Å². The second kappa shape index (κ2) is 9.78. The van der Waals surface area contributed by atoms with Crippen LogP contribution in [0.4, 0.5) is 4.39 Å². The highest BCUT2D eigenvalue weighted by atomic mass is 32.2. The van der Waals surface area contributed by atoms with Gasteiger partial charge in [-0.3, -0.25) is 9.59 Å². The number of amides is 2. The number of carbonyl (C=O) groups is 2. The van der Waals surface area contributed by atoms with Gasteiger partial charge in [0.15, 0.2) is 0 Å². The van der Waals surface area contributed by atoms with E-state index in [-0.39, 0.29) is 17.2 Å². The van der Waals surface area contributed by atoms with Gasteiger partial charge < -0.3 is 14.6 Å². The van der Waals surface area contributed by atoms with Crippen molar-refractivity contribution >= 4 is 23.6 Å². The third kappa shape index (κ3) is 4.76. The van der Waals surface area contributed by atoms with Crippen molar-refractivity contribution in [2.45, 2.75) is 44.0 Å². The SMILES string of the molecule is CCCCCCNC(=O)[C@H]1CS[C@@H](c2ccoc2)N1C(=O)c1ccc(F)cc1. The summed E-state index contributed by atoms with van der Waals surface area (Å²) in [5, 5.41) is 2.65. The Morgan fingerprint density at radius 3 is 2.68 bits per heavy atom. The van der Waals surface area contributed by atoms with Gasteiger partial charge in [-0.2, -0.15) is 0 Å². The van der Waals surface area contributed by atoms with Gasteiger partial charge in [0.1, 0.15) is 17.2 Å². The van der Waals surface area contributed by atoms with Crippen LogP contribution in [0.1, 0.15) is 53.9 Å². The molecule has 2 aromatic rings. The summed E-state index contributed by atoms with van der Waals surface area (Å²) in [5.74, 6) is -0.336. The van der Waals surface area contributed by atoms with Crippen molar-refractivity contribution in [1.29, 1.82) is 0 Å². The van der Waals surface area contributed by atoms with E-state index in [9.17, 15) is 14.0 Å². The Morgan fingerprint density at radius 1 is 1.21 bits per heavy atom. The Kier molecular flexibility index (Phi) is 7.14. The summed E-state index contributed by atoms with van der Waals surface area (Å²) >= 11 is 1.53. The molecule has 3 rings (SSSR count). The maximum absolute atomic E-state index is 13.3. The van der Waals surface area contributed by atoms with Crippen LogP contribution in [0.2, 0.25) is 0 Å². The zero-order valence-electron chi connectivity index (χ0n) is 15.9. The second-order valence-corrected chi connectivity index (χ2v) is 7.94. The van der Waals surface area contributed by atoms with Gasteiger partial charge in [0.2, 0.25) is 5.91 Å². The van der Waals surface area contributed by atoms with E-state index in [1.54, 1.807) is 23.5 Å². The number of rotatable bonds is 8. The molecule has 0 saturated carbocycles. The molecule has 1 fully saturated rings. The van der Waals surface area contributed by atoms with Crippen molar-refractivity contribution in [3.63, 3.8) is 0 Å². The number of unbranched alkanes of at least 4 members (excludes halogenated alkanes) is 3. The molecular weight excluding hydrogens is 379 g/mol. The summed E-state index contributed by atoms with van der Waals surface area (Å²) in [6, 6.07) is 6.64. The fourth-order valence-corrected chi connectivity index (χ4v) is 4.66. The molecule has 1 aliphatic heterocycles. The van der Waals surface area contributed by atoms with Gasteiger partial charge in [-0.05, 0) is 36.8 Å². The van der Waals surface area contributed by atoms with E-state index >= 15 is 0 Å². The zero-order valence-corrected chi connectivity index (χ0v) is 16.7. The van der Waals surface area contributed by atoms with Crippen LogP contribution in [0.5, 0.6) is 0 Å². The predicted octanol–water partition coefficient (Wildman–Crippen LogP) is 4.37. The van der Waals surface area contributed by atoms with Gasteiger partial charge in [0.25, 0.3) is 5.91 Å². The third-order valence-corrected chi connectivity index (χ3v) is 6.11. The topological polar surface area (TPSA) is 62.6 Å². The Hall–Kier alpha value is -2.28. The van der Waals surface area contributed by atoms with Crippen LogP contribution < -0.4 is 5.32 Å². The molecule has 28 heavy (non-hydrogen) atoms. The van der Waals surface area contributed by atoms with Gasteiger partial charge >= 0.3 is 0 Å². The standard InChI is InChI=1S/C21H25FN2O3S/c1-2-3-4-5-11-23-19(25)18-14-28-21(16-10-12-27-13-16)24(18)20(26)15-6-8-17(22)9-7-15/h6-10,12-13,18,21H,2-5,11,14H2,1H3,(H,23,25)/t18-,21+/m1/s1. The summed E-state index contributed by atoms with van der Waals surface area (Å²) in [6.45, 7) is 2.75. The van der Waals surface area contributed by atoms with Crippen LogP contribution in [-0.4, -0.2) is 35.1 Å². The van der Waals surface area contributed by atoms with E-state index in [1.807, 2.05) is 0 Å². The van der Waals surface area contributed by atoms with E-state index in [0.29, 0.717) is 17.9 Å². The van der Waals surface area contributed by atoms with Crippen molar-refractivity contribution in [3.05, 3.63) is 59.8 Å². The number of nitrogens with zero attached hydrogens (tertiary/aromatic N) is 1. The maximum atomic E-state index is 13.3. The lowest BCUT2D eigenvalue weighted by Gasteiger charge is -2.28. The lowest BCUT2D eigenvalue weighted by atomic mass is 10.1. The third-order valence-electron chi connectivity index (χ3n) is 4.79. The zero-order chi connectivity index (χ0) is 19.9. The highest BCUT2D eigenvalue weighted by Gasteiger charge is 2.42. The monoisotopic (exact) mass is 404 g/mol. The maximum Gasteiger partial charge on any atom is 0.255 e. The highest BCUT2D eigenvalue weighted by Crippen LogP contribution is 2.42. The Balaban J connectivity index is 1.75. The summed E-state index contributed by atoms with van der Waals surface area (Å²) < 4.78 is 18.4. The van der Waals surface area contributed by atoms with Crippen molar-refractivity contribution in [1.82, 2.24) is 10.2 Å². The van der Waals surface area contributed by atoms with E-state index in [1.165, 1.54) is 36.0 Å². The Labute approximate surface area is 168 Å². The molecule has 150 valence electrons. The van der Waals surface area contributed by atoms with Gasteiger partial charge in [-0.15, -0.1) is 11.8 Å². The minimum atomic E-state index is -0.575. The number of hydrogen-bond donors (Lipinski definition) is 1. The first-order valence-corrected chi connectivity index (χ1v) is 10.7. The molecule has 5 nitrogen and oxygen atoms in total. The number of halogens is 1. The summed E-state index contributed by atoms with van der Waals surface area (Å²) in [5.41, 5.74) is 1.19. The lowest BCUT2D eigenvalue weighted by Crippen LogP contribution is -2.48. The van der Waals surface area contributed by atoms with Crippen LogP contribution in [0.15, 0.2) is 47.3 Å². The summed E-state index contributed by atoms with van der Waals surface area (Å²) in [4.78, 5) is 27.6. The van der Waals surface area contributed by atoms with Gasteiger partial charge in [0.05, 0.1) is 12.5 Å². The van der Waals surface area contributed by atoms with Crippen molar-refractivity contribution < 1.29 is 18.4 Å². The average molecular weight is 405 g/mol. The van der Waals surface area contributed by atoms with Crippen LogP contribution in [0.3, 0.4) is 0 Å². The van der Waals surface area contributed by atoms with E-state index in [0.717, 1.165) is 31.2 Å². The molecule has 0 spiro atoms. The number of furan rings is 1. The molecule has 0 aliphatic carbocycles. The molecule has 1 saturated heterocycles. The Bertz CT molecular complexity index is 779. The van der Waals surface area contributed by atoms with Crippen molar-refractivity contribution in [2.75, 3.05) is 12.3 Å². The normalized spacial score (nSPS) is 19.0. The first-order valence-electron chi connectivity index (χ1n) is 9.61. The Morgan fingerprint density at radius 2 is 2.00 bits per heavy atom. The highest BCUT2D eigenvalue weighted by molar-refractivity contribution is 7.99. The lowest BCUT2D eigenvalue weighted by molar-refractivity contribution is -0.124.